The van der Waals surface area contributed by atoms with Gasteiger partial charge in [-0.1, -0.05) is 18.2 Å². The van der Waals surface area contributed by atoms with Crippen molar-refractivity contribution in [1.82, 2.24) is 14.1 Å². The topological polar surface area (TPSA) is 89.2 Å². The smallest absolute Gasteiger partial charge is 0.333 e. The third-order valence-corrected chi connectivity index (χ3v) is 4.58. The van der Waals surface area contributed by atoms with Crippen LogP contribution in [0.1, 0.15) is 23.6 Å². The van der Waals surface area contributed by atoms with E-state index in [1.807, 2.05) is 36.4 Å². The molecule has 2 aromatic heterocycles. The van der Waals surface area contributed by atoms with Gasteiger partial charge in [-0.2, -0.15) is 0 Å². The number of aromatic hydroxyl groups is 1. The molecule has 0 fully saturated rings. The quantitative estimate of drug-likeness (QED) is 0.711. The minimum atomic E-state index is -0.581. The van der Waals surface area contributed by atoms with Crippen LogP contribution in [0.2, 0.25) is 0 Å². The largest absolute Gasteiger partial charge is 0.494 e. The van der Waals surface area contributed by atoms with Crippen LogP contribution in [0.4, 0.5) is 5.69 Å². The van der Waals surface area contributed by atoms with Crippen LogP contribution in [0, 0.1) is 0 Å². The van der Waals surface area contributed by atoms with Gasteiger partial charge in [0, 0.05) is 32.2 Å². The Labute approximate surface area is 162 Å². The van der Waals surface area contributed by atoms with Crippen molar-refractivity contribution in [2.24, 2.45) is 14.1 Å². The van der Waals surface area contributed by atoms with Crippen LogP contribution in [-0.4, -0.2) is 19.2 Å². The zero-order valence-electron chi connectivity index (χ0n) is 16.0. The van der Waals surface area contributed by atoms with Gasteiger partial charge in [0.15, 0.2) is 0 Å². The Hall–Kier alpha value is -3.61. The fraction of sp³-hybridized carbons (Fsp3) is 0.190. The molecule has 0 radical (unpaired) electrons. The van der Waals surface area contributed by atoms with Crippen LogP contribution >= 0.6 is 0 Å². The van der Waals surface area contributed by atoms with Crippen molar-refractivity contribution in [3.63, 3.8) is 0 Å². The van der Waals surface area contributed by atoms with E-state index in [1.54, 1.807) is 25.4 Å². The van der Waals surface area contributed by atoms with Crippen molar-refractivity contribution in [2.45, 2.75) is 13.3 Å². The lowest BCUT2D eigenvalue weighted by Crippen LogP contribution is -2.39. The monoisotopic (exact) mass is 378 g/mol. The summed E-state index contributed by atoms with van der Waals surface area (Å²) in [5.41, 5.74) is 2.41. The molecule has 0 aliphatic carbocycles. The van der Waals surface area contributed by atoms with Crippen molar-refractivity contribution in [1.29, 1.82) is 0 Å². The van der Waals surface area contributed by atoms with Gasteiger partial charge in [-0.25, -0.2) is 4.79 Å². The second-order valence-electron chi connectivity index (χ2n) is 6.46. The van der Waals surface area contributed by atoms with Crippen molar-refractivity contribution in [3.8, 4) is 5.88 Å². The van der Waals surface area contributed by atoms with Gasteiger partial charge in [0.05, 0.1) is 5.70 Å². The fourth-order valence-corrected chi connectivity index (χ4v) is 2.95. The highest BCUT2D eigenvalue weighted by Crippen LogP contribution is 2.22. The van der Waals surface area contributed by atoms with E-state index in [-0.39, 0.29) is 11.4 Å². The van der Waals surface area contributed by atoms with Crippen molar-refractivity contribution in [2.75, 3.05) is 5.32 Å². The van der Waals surface area contributed by atoms with E-state index in [1.165, 1.54) is 19.7 Å². The van der Waals surface area contributed by atoms with E-state index < -0.39 is 11.2 Å². The molecule has 3 rings (SSSR count). The lowest BCUT2D eigenvalue weighted by molar-refractivity contribution is 0.409. The third kappa shape index (κ3) is 3.73. The second kappa shape index (κ2) is 7.96. The first kappa shape index (κ1) is 19.2. The van der Waals surface area contributed by atoms with Gasteiger partial charge in [0.2, 0.25) is 5.88 Å². The van der Waals surface area contributed by atoms with Crippen LogP contribution in [0.25, 0.3) is 5.70 Å². The van der Waals surface area contributed by atoms with Crippen LogP contribution in [-0.2, 0) is 20.5 Å². The molecule has 0 aliphatic rings. The minimum Gasteiger partial charge on any atom is -0.494 e. The average Bonchev–Trinajstić information content (AvgIpc) is 2.72. The summed E-state index contributed by atoms with van der Waals surface area (Å²) in [5, 5.41) is 13.5. The maximum Gasteiger partial charge on any atom is 0.333 e. The Morgan fingerprint density at radius 1 is 1.04 bits per heavy atom. The van der Waals surface area contributed by atoms with E-state index in [0.29, 0.717) is 5.70 Å². The Kier molecular flexibility index (Phi) is 5.44. The van der Waals surface area contributed by atoms with E-state index >= 15 is 0 Å². The number of benzene rings is 1. The molecule has 0 spiro atoms. The number of hydrogen-bond acceptors (Lipinski definition) is 5. The molecule has 3 aromatic rings. The molecular weight excluding hydrogens is 356 g/mol. The van der Waals surface area contributed by atoms with Gasteiger partial charge in [-0.05, 0) is 48.7 Å². The number of allylic oxidation sites excluding steroid dienone is 1. The zero-order chi connectivity index (χ0) is 20.3. The number of nitrogens with one attached hydrogen (secondary N) is 1. The molecule has 28 heavy (non-hydrogen) atoms. The summed E-state index contributed by atoms with van der Waals surface area (Å²) >= 11 is 0. The zero-order valence-corrected chi connectivity index (χ0v) is 16.0. The van der Waals surface area contributed by atoms with Crippen LogP contribution in [0.3, 0.4) is 0 Å². The van der Waals surface area contributed by atoms with E-state index in [9.17, 15) is 14.7 Å². The number of rotatable bonds is 5. The molecule has 144 valence electrons. The summed E-state index contributed by atoms with van der Waals surface area (Å²) in [6.45, 7) is 1.75. The summed E-state index contributed by atoms with van der Waals surface area (Å²) < 4.78 is 2.01. The molecule has 1 aromatic carbocycles. The molecule has 0 saturated heterocycles. The summed E-state index contributed by atoms with van der Waals surface area (Å²) in [4.78, 5) is 28.5. The molecule has 7 nitrogen and oxygen atoms in total. The molecule has 0 unspecified atom stereocenters. The van der Waals surface area contributed by atoms with Crippen molar-refractivity contribution >= 4 is 11.4 Å². The Bertz CT molecular complexity index is 1130. The van der Waals surface area contributed by atoms with Gasteiger partial charge < -0.3 is 10.4 Å². The third-order valence-electron chi connectivity index (χ3n) is 4.58. The van der Waals surface area contributed by atoms with Gasteiger partial charge >= 0.3 is 5.69 Å². The molecule has 0 aliphatic heterocycles. The molecule has 0 amide bonds. The minimum absolute atomic E-state index is 0.0490. The van der Waals surface area contributed by atoms with Gasteiger partial charge in [-0.15, -0.1) is 0 Å². The number of aromatic nitrogens is 3. The van der Waals surface area contributed by atoms with Gasteiger partial charge in [-0.3, -0.25) is 18.9 Å². The Morgan fingerprint density at radius 2 is 1.64 bits per heavy atom. The average molecular weight is 378 g/mol. The van der Waals surface area contributed by atoms with Crippen LogP contribution in [0.15, 0.2) is 64.5 Å². The summed E-state index contributed by atoms with van der Waals surface area (Å²) in [5.74, 6) is -0.372. The predicted octanol–water partition coefficient (Wildman–Crippen LogP) is 2.25. The SMILES string of the molecule is C/C=C(\Nc1ccc(Cc2ccncc2)cc1)c1c(O)n(C)c(=O)n(C)c1=O. The number of hydrogen-bond donors (Lipinski definition) is 2. The van der Waals surface area contributed by atoms with Gasteiger partial charge in [0.25, 0.3) is 5.56 Å². The number of pyridine rings is 1. The fourth-order valence-electron chi connectivity index (χ4n) is 2.95. The van der Waals surface area contributed by atoms with Crippen LogP contribution in [0.5, 0.6) is 5.88 Å². The first-order valence-electron chi connectivity index (χ1n) is 8.83. The molecule has 2 heterocycles. The Balaban J connectivity index is 1.87. The summed E-state index contributed by atoms with van der Waals surface area (Å²) in [7, 11) is 2.80. The molecule has 0 bridgehead atoms. The molecule has 0 saturated carbocycles. The number of anilines is 1. The van der Waals surface area contributed by atoms with Crippen molar-refractivity contribution in [3.05, 3.63) is 92.4 Å². The lowest BCUT2D eigenvalue weighted by atomic mass is 10.1. The highest BCUT2D eigenvalue weighted by atomic mass is 16.3. The maximum absolute atomic E-state index is 12.5. The standard InChI is InChI=1S/C21H22N4O3/c1-4-17(18-19(26)24(2)21(28)25(3)20(18)27)23-16-7-5-14(6-8-16)13-15-9-11-22-12-10-15/h4-12,23,26H,13H2,1-3H3/b17-4-. The van der Waals surface area contributed by atoms with Crippen molar-refractivity contribution < 1.29 is 5.11 Å². The first-order valence-corrected chi connectivity index (χ1v) is 8.83. The van der Waals surface area contributed by atoms with Gasteiger partial charge in [0.1, 0.15) is 5.56 Å². The highest BCUT2D eigenvalue weighted by molar-refractivity contribution is 5.78. The van der Waals surface area contributed by atoms with E-state index in [4.69, 9.17) is 0 Å². The number of nitrogens with zero attached hydrogens (tertiary/aromatic N) is 3. The van der Waals surface area contributed by atoms with E-state index in [0.717, 1.165) is 26.8 Å². The Morgan fingerprint density at radius 3 is 2.25 bits per heavy atom. The maximum atomic E-state index is 12.5. The molecule has 2 N–H and O–H groups in total. The highest BCUT2D eigenvalue weighted by Gasteiger charge is 2.18. The summed E-state index contributed by atoms with van der Waals surface area (Å²) in [6, 6.07) is 11.8. The van der Waals surface area contributed by atoms with Crippen LogP contribution < -0.4 is 16.6 Å². The lowest BCUT2D eigenvalue weighted by Gasteiger charge is -2.15. The predicted molar refractivity (Wildman–Crippen MR) is 109 cm³/mol. The molecule has 7 heteroatoms. The van der Waals surface area contributed by atoms with E-state index in [2.05, 4.69) is 10.3 Å². The normalized spacial score (nSPS) is 11.5. The summed E-state index contributed by atoms with van der Waals surface area (Å²) in [6.07, 6.45) is 6.01. The first-order chi connectivity index (χ1) is 13.4. The molecule has 0 atom stereocenters. The molecular formula is C21H22N4O3. The second-order valence-corrected chi connectivity index (χ2v) is 6.46.